The van der Waals surface area contributed by atoms with E-state index in [1.165, 1.54) is 30.4 Å². The second-order valence-electron chi connectivity index (χ2n) is 2.40. The molecule has 1 aliphatic carbocycles. The summed E-state index contributed by atoms with van der Waals surface area (Å²) in [5.41, 5.74) is 2.67. The Morgan fingerprint density at radius 1 is 1.62 bits per heavy atom. The van der Waals surface area contributed by atoms with E-state index in [4.69, 9.17) is 5.11 Å². The highest BCUT2D eigenvalue weighted by molar-refractivity contribution is 5.17. The van der Waals surface area contributed by atoms with Crippen LogP contribution in [-0.2, 0) is 0 Å². The molecule has 0 spiro atoms. The van der Waals surface area contributed by atoms with Crippen LogP contribution in [0.4, 0.5) is 0 Å². The Balaban J connectivity index is 2.47. The molecule has 1 nitrogen and oxygen atoms in total. The first kappa shape index (κ1) is 5.83. The molecule has 46 valence electrons. The normalized spacial score (nSPS) is 18.0. The predicted octanol–water partition coefficient (Wildman–Crippen LogP) is 1.48. The Hall–Kier alpha value is -0.300. The van der Waals surface area contributed by atoms with Crippen LogP contribution in [0.2, 0.25) is 0 Å². The second kappa shape index (κ2) is 2.31. The number of aliphatic hydroxyl groups is 1. The van der Waals surface area contributed by atoms with Crippen molar-refractivity contribution in [3.8, 4) is 0 Å². The zero-order chi connectivity index (χ0) is 5.98. The summed E-state index contributed by atoms with van der Waals surface area (Å²) in [5.74, 6) is 0. The van der Waals surface area contributed by atoms with Gasteiger partial charge in [-0.3, -0.25) is 0 Å². The van der Waals surface area contributed by atoms with Crippen molar-refractivity contribution in [1.82, 2.24) is 0 Å². The number of allylic oxidation sites excluding steroid dienone is 1. The minimum atomic E-state index is 0.259. The Kier molecular flexibility index (Phi) is 1.69. The van der Waals surface area contributed by atoms with Crippen LogP contribution in [0.25, 0.3) is 0 Å². The number of hydrogen-bond donors (Lipinski definition) is 1. The van der Waals surface area contributed by atoms with Crippen molar-refractivity contribution in [3.05, 3.63) is 11.1 Å². The SMILES string of the molecule is CC(CO)=C1CCC1. The average Bonchev–Trinajstić information content (AvgIpc) is 1.62. The molecule has 0 radical (unpaired) electrons. The first-order chi connectivity index (χ1) is 3.84. The fourth-order valence-electron chi connectivity index (χ4n) is 0.892. The smallest absolute Gasteiger partial charge is 0.0641 e. The molecule has 1 rings (SSSR count). The highest BCUT2D eigenvalue weighted by Gasteiger charge is 2.09. The topological polar surface area (TPSA) is 20.2 Å². The molecule has 1 aliphatic rings. The van der Waals surface area contributed by atoms with E-state index in [0.717, 1.165) is 0 Å². The third kappa shape index (κ3) is 0.920. The van der Waals surface area contributed by atoms with E-state index in [0.29, 0.717) is 0 Å². The third-order valence-electron chi connectivity index (χ3n) is 1.80. The van der Waals surface area contributed by atoms with Crippen molar-refractivity contribution in [2.75, 3.05) is 6.61 Å². The van der Waals surface area contributed by atoms with Gasteiger partial charge in [0.15, 0.2) is 0 Å². The summed E-state index contributed by atoms with van der Waals surface area (Å²) in [6, 6.07) is 0. The molecule has 0 amide bonds. The van der Waals surface area contributed by atoms with Crippen molar-refractivity contribution in [2.45, 2.75) is 26.2 Å². The zero-order valence-corrected chi connectivity index (χ0v) is 5.28. The van der Waals surface area contributed by atoms with Crippen LogP contribution in [0.5, 0.6) is 0 Å². The molecule has 1 N–H and O–H groups in total. The van der Waals surface area contributed by atoms with Crippen LogP contribution in [0, 0.1) is 0 Å². The van der Waals surface area contributed by atoms with Crippen molar-refractivity contribution >= 4 is 0 Å². The van der Waals surface area contributed by atoms with Gasteiger partial charge in [0.05, 0.1) is 6.61 Å². The van der Waals surface area contributed by atoms with Gasteiger partial charge in [-0.15, -0.1) is 0 Å². The molecule has 0 saturated heterocycles. The van der Waals surface area contributed by atoms with Crippen LogP contribution in [0.15, 0.2) is 11.1 Å². The average molecular weight is 112 g/mol. The number of rotatable bonds is 1. The molecule has 1 fully saturated rings. The van der Waals surface area contributed by atoms with Crippen LogP contribution in [-0.4, -0.2) is 11.7 Å². The summed E-state index contributed by atoms with van der Waals surface area (Å²) in [6.45, 7) is 2.27. The molecule has 1 heteroatoms. The summed E-state index contributed by atoms with van der Waals surface area (Å²) in [7, 11) is 0. The van der Waals surface area contributed by atoms with Crippen molar-refractivity contribution < 1.29 is 5.11 Å². The minimum Gasteiger partial charge on any atom is -0.392 e. The van der Waals surface area contributed by atoms with Gasteiger partial charge in [0.1, 0.15) is 0 Å². The maximum Gasteiger partial charge on any atom is 0.0641 e. The first-order valence-corrected chi connectivity index (χ1v) is 3.13. The third-order valence-corrected chi connectivity index (χ3v) is 1.80. The lowest BCUT2D eigenvalue weighted by molar-refractivity contribution is 0.327. The monoisotopic (exact) mass is 112 g/mol. The first-order valence-electron chi connectivity index (χ1n) is 3.13. The standard InChI is InChI=1S/C7H12O/c1-6(5-8)7-3-2-4-7/h8H,2-5H2,1H3. The zero-order valence-electron chi connectivity index (χ0n) is 5.28. The van der Waals surface area contributed by atoms with E-state index < -0.39 is 0 Å². The Labute approximate surface area is 50.0 Å². The molecular weight excluding hydrogens is 100 g/mol. The van der Waals surface area contributed by atoms with Gasteiger partial charge in [-0.2, -0.15) is 0 Å². The minimum absolute atomic E-state index is 0.259. The van der Waals surface area contributed by atoms with Crippen LogP contribution >= 0.6 is 0 Å². The summed E-state index contributed by atoms with van der Waals surface area (Å²) < 4.78 is 0. The van der Waals surface area contributed by atoms with Gasteiger partial charge in [-0.25, -0.2) is 0 Å². The Morgan fingerprint density at radius 2 is 2.25 bits per heavy atom. The van der Waals surface area contributed by atoms with Gasteiger partial charge in [0, 0.05) is 0 Å². The molecule has 0 atom stereocenters. The van der Waals surface area contributed by atoms with Gasteiger partial charge >= 0.3 is 0 Å². The number of hydrogen-bond acceptors (Lipinski definition) is 1. The molecule has 0 aromatic carbocycles. The van der Waals surface area contributed by atoms with Gasteiger partial charge in [0.2, 0.25) is 0 Å². The van der Waals surface area contributed by atoms with E-state index in [1.54, 1.807) is 0 Å². The largest absolute Gasteiger partial charge is 0.392 e. The predicted molar refractivity (Wildman–Crippen MR) is 33.6 cm³/mol. The molecule has 0 heterocycles. The maximum atomic E-state index is 8.61. The Bertz CT molecular complexity index is 102. The molecule has 8 heavy (non-hydrogen) atoms. The lowest BCUT2D eigenvalue weighted by Crippen LogP contribution is -2.02. The van der Waals surface area contributed by atoms with E-state index in [2.05, 4.69) is 0 Å². The maximum absolute atomic E-state index is 8.61. The highest BCUT2D eigenvalue weighted by Crippen LogP contribution is 2.27. The summed E-state index contributed by atoms with van der Waals surface area (Å²) >= 11 is 0. The van der Waals surface area contributed by atoms with Crippen molar-refractivity contribution in [1.29, 1.82) is 0 Å². The molecule has 1 saturated carbocycles. The van der Waals surface area contributed by atoms with Crippen LogP contribution < -0.4 is 0 Å². The quantitative estimate of drug-likeness (QED) is 0.509. The van der Waals surface area contributed by atoms with Crippen LogP contribution in [0.3, 0.4) is 0 Å². The molecule has 0 unspecified atom stereocenters. The van der Waals surface area contributed by atoms with E-state index in [1.807, 2.05) is 6.92 Å². The van der Waals surface area contributed by atoms with E-state index >= 15 is 0 Å². The molecule has 0 bridgehead atoms. The van der Waals surface area contributed by atoms with E-state index in [9.17, 15) is 0 Å². The summed E-state index contributed by atoms with van der Waals surface area (Å²) in [5, 5.41) is 8.61. The Morgan fingerprint density at radius 3 is 2.38 bits per heavy atom. The van der Waals surface area contributed by atoms with Gasteiger partial charge in [-0.1, -0.05) is 5.57 Å². The molecule has 0 aromatic rings. The van der Waals surface area contributed by atoms with Gasteiger partial charge in [-0.05, 0) is 31.8 Å². The molecular formula is C7H12O. The lowest BCUT2D eigenvalue weighted by Gasteiger charge is -2.18. The fourth-order valence-corrected chi connectivity index (χ4v) is 0.892. The van der Waals surface area contributed by atoms with Crippen LogP contribution in [0.1, 0.15) is 26.2 Å². The lowest BCUT2D eigenvalue weighted by atomic mass is 9.89. The van der Waals surface area contributed by atoms with Gasteiger partial charge < -0.3 is 5.11 Å². The summed E-state index contributed by atoms with van der Waals surface area (Å²) in [6.07, 6.45) is 3.78. The van der Waals surface area contributed by atoms with E-state index in [-0.39, 0.29) is 6.61 Å². The molecule has 0 aromatic heterocycles. The fraction of sp³-hybridized carbons (Fsp3) is 0.714. The number of aliphatic hydroxyl groups excluding tert-OH is 1. The van der Waals surface area contributed by atoms with Gasteiger partial charge in [0.25, 0.3) is 0 Å². The summed E-state index contributed by atoms with van der Waals surface area (Å²) in [4.78, 5) is 0. The molecule has 0 aliphatic heterocycles. The van der Waals surface area contributed by atoms with Crippen molar-refractivity contribution in [3.63, 3.8) is 0 Å². The second-order valence-corrected chi connectivity index (χ2v) is 2.40. The van der Waals surface area contributed by atoms with Crippen molar-refractivity contribution in [2.24, 2.45) is 0 Å². The highest BCUT2D eigenvalue weighted by atomic mass is 16.3.